The Kier molecular flexibility index (Phi) is 21.3. The van der Waals surface area contributed by atoms with E-state index >= 15 is 0 Å². The summed E-state index contributed by atoms with van der Waals surface area (Å²) in [6.07, 6.45) is -1.93. The first-order valence-corrected chi connectivity index (χ1v) is 28.1. The van der Waals surface area contributed by atoms with Crippen molar-refractivity contribution in [3.63, 3.8) is 0 Å². The number of halogens is 1. The number of hydrogen-bond acceptors (Lipinski definition) is 18. The van der Waals surface area contributed by atoms with E-state index in [0.29, 0.717) is 31.6 Å². The summed E-state index contributed by atoms with van der Waals surface area (Å²) in [5.41, 5.74) is -0.965. The number of cyclic esters (lactones) is 1. The average Bonchev–Trinajstić information content (AvgIpc) is 3.99. The van der Waals surface area contributed by atoms with Crippen molar-refractivity contribution in [1.29, 1.82) is 0 Å². The van der Waals surface area contributed by atoms with Gasteiger partial charge in [-0.3, -0.25) is 9.48 Å². The molecule has 21 heteroatoms. The molecule has 0 aliphatic carbocycles. The topological polar surface area (TPSA) is 252 Å². The Morgan fingerprint density at radius 3 is 2.27 bits per heavy atom. The molecule has 1 unspecified atom stereocenters. The Hall–Kier alpha value is -2.78. The number of hydrogen-bond donors (Lipinski definition) is 6. The Morgan fingerprint density at radius 1 is 0.933 bits per heavy atom. The normalized spacial score (nSPS) is 38.0. The first-order valence-electron chi connectivity index (χ1n) is 27.1. The van der Waals surface area contributed by atoms with Crippen LogP contribution >= 0.6 is 22.6 Å². The van der Waals surface area contributed by atoms with Gasteiger partial charge in [-0.2, -0.15) is 0 Å². The Balaban J connectivity index is 1.18. The van der Waals surface area contributed by atoms with Gasteiger partial charge in [0, 0.05) is 63.8 Å². The lowest BCUT2D eigenvalue weighted by molar-refractivity contribution is -0.302. The second kappa shape index (κ2) is 26.0. The fraction of sp³-hybridized carbons (Fsp3) is 0.796. The second-order valence-electron chi connectivity index (χ2n) is 23.0. The standard InChI is InChI=1S/C54H89IN8O12/c1-14-43-54(10,70)46(66)35(6)61(12)28-31(2)26-52(8,69)48(33(4)44(34(5)50(68)74-43)42-27-53(9,71-13)47(67)36(7)73-42)75-51-45(65)41(25-32(3)72-51)60(11)24-22-38-29-62(58-56-38)23-16-15-17-37-18-20-39(21-19-37)63-49(55)40(30-64)57-59-63/h18-21,29,31-36,41-48,51,64-67,69-70H,14-17,22-28,30H2,1-13H3/t31-,32-,33+,34-,35-,36+,41+,42-,43-,44?,45-,46-,47+,48-,51+,52-,53-,54-/m1/s1. The first kappa shape index (κ1) is 61.4. The molecule has 0 radical (unpaired) electrons. The molecular formula is C54H89IN8O12. The van der Waals surface area contributed by atoms with E-state index in [0.717, 1.165) is 40.9 Å². The molecule has 3 fully saturated rings. The van der Waals surface area contributed by atoms with Crippen LogP contribution in [0.3, 0.4) is 0 Å². The van der Waals surface area contributed by atoms with E-state index in [9.17, 15) is 35.4 Å². The lowest BCUT2D eigenvalue weighted by Gasteiger charge is -2.51. The van der Waals surface area contributed by atoms with Crippen LogP contribution in [0.5, 0.6) is 0 Å². The lowest BCUT2D eigenvalue weighted by atomic mass is 9.68. The molecule has 0 amide bonds. The van der Waals surface area contributed by atoms with Gasteiger partial charge in [-0.1, -0.05) is 50.3 Å². The van der Waals surface area contributed by atoms with E-state index < -0.39 is 102 Å². The van der Waals surface area contributed by atoms with Gasteiger partial charge >= 0.3 is 5.97 Å². The van der Waals surface area contributed by atoms with Crippen molar-refractivity contribution in [2.45, 2.75) is 218 Å². The van der Waals surface area contributed by atoms with Gasteiger partial charge < -0.3 is 64.1 Å². The molecule has 1 aromatic carbocycles. The minimum atomic E-state index is -1.81. The van der Waals surface area contributed by atoms with Crippen LogP contribution in [0.4, 0.5) is 0 Å². The highest BCUT2D eigenvalue weighted by atomic mass is 127. The third-order valence-electron chi connectivity index (χ3n) is 16.9. The van der Waals surface area contributed by atoms with Crippen LogP contribution in [-0.2, 0) is 54.5 Å². The molecule has 3 aliphatic heterocycles. The molecule has 20 nitrogen and oxygen atoms in total. The third kappa shape index (κ3) is 14.3. The maximum Gasteiger partial charge on any atom is 0.309 e. The molecular weight excluding hydrogens is 1080 g/mol. The number of aliphatic hydroxyl groups is 6. The molecule has 18 atom stereocenters. The van der Waals surface area contributed by atoms with Gasteiger partial charge in [0.25, 0.3) is 0 Å². The van der Waals surface area contributed by atoms with Crippen molar-refractivity contribution < 1.29 is 59.1 Å². The van der Waals surface area contributed by atoms with Crippen LogP contribution in [-0.4, -0.2) is 195 Å². The Bertz CT molecular complexity index is 2270. The van der Waals surface area contributed by atoms with E-state index in [1.807, 2.05) is 76.6 Å². The number of carbonyl (C=O) groups is 1. The molecule has 3 aromatic rings. The van der Waals surface area contributed by atoms with E-state index in [2.05, 4.69) is 60.2 Å². The molecule has 75 heavy (non-hydrogen) atoms. The number of benzene rings is 1. The highest BCUT2D eigenvalue weighted by molar-refractivity contribution is 14.1. The predicted octanol–water partition coefficient (Wildman–Crippen LogP) is 4.08. The van der Waals surface area contributed by atoms with Crippen molar-refractivity contribution in [2.24, 2.45) is 23.7 Å². The number of unbranched alkanes of at least 4 members (excludes halogenated alkanes) is 1. The highest BCUT2D eigenvalue weighted by Gasteiger charge is 2.55. The molecule has 3 saturated heterocycles. The zero-order valence-corrected chi connectivity index (χ0v) is 48.8. The summed E-state index contributed by atoms with van der Waals surface area (Å²) in [5, 5.41) is 86.7. The van der Waals surface area contributed by atoms with Crippen molar-refractivity contribution in [2.75, 3.05) is 34.3 Å². The predicted molar refractivity (Wildman–Crippen MR) is 288 cm³/mol. The number of aryl methyl sites for hydroxylation is 2. The van der Waals surface area contributed by atoms with E-state index in [4.69, 9.17) is 23.7 Å². The molecule has 6 N–H and O–H groups in total. The number of nitrogens with zero attached hydrogens (tertiary/aromatic N) is 8. The maximum atomic E-state index is 14.6. The molecule has 0 spiro atoms. The fourth-order valence-electron chi connectivity index (χ4n) is 12.2. The number of carbonyl (C=O) groups excluding carboxylic acids is 1. The van der Waals surface area contributed by atoms with E-state index in [-0.39, 0.29) is 37.9 Å². The van der Waals surface area contributed by atoms with Crippen LogP contribution in [0.25, 0.3) is 5.69 Å². The largest absolute Gasteiger partial charge is 0.459 e. The third-order valence-corrected chi connectivity index (χ3v) is 18.0. The lowest BCUT2D eigenvalue weighted by Crippen LogP contribution is -2.62. The smallest absolute Gasteiger partial charge is 0.309 e. The zero-order valence-electron chi connectivity index (χ0n) is 46.6. The van der Waals surface area contributed by atoms with Crippen LogP contribution in [0.1, 0.15) is 125 Å². The first-order chi connectivity index (χ1) is 35.3. The zero-order chi connectivity index (χ0) is 55.3. The second-order valence-corrected chi connectivity index (χ2v) is 24.0. The van der Waals surface area contributed by atoms with E-state index in [1.54, 1.807) is 32.4 Å². The van der Waals surface area contributed by atoms with Crippen molar-refractivity contribution in [3.8, 4) is 5.69 Å². The van der Waals surface area contributed by atoms with Gasteiger partial charge in [-0.25, -0.2) is 4.68 Å². The van der Waals surface area contributed by atoms with Crippen LogP contribution < -0.4 is 0 Å². The maximum absolute atomic E-state index is 14.6. The van der Waals surface area contributed by atoms with Gasteiger partial charge in [0.1, 0.15) is 39.4 Å². The number of ether oxygens (including phenoxy) is 5. The van der Waals surface area contributed by atoms with Crippen LogP contribution in [0.15, 0.2) is 30.5 Å². The van der Waals surface area contributed by atoms with Gasteiger partial charge in [0.05, 0.1) is 59.5 Å². The number of methoxy groups -OCH3 is 1. The summed E-state index contributed by atoms with van der Waals surface area (Å²) in [5.74, 6) is -3.12. The average molecular weight is 1170 g/mol. The van der Waals surface area contributed by atoms with Crippen molar-refractivity contribution >= 4 is 28.6 Å². The minimum absolute atomic E-state index is 0.155. The molecule has 0 bridgehead atoms. The summed E-state index contributed by atoms with van der Waals surface area (Å²) < 4.78 is 36.6. The number of likely N-dealkylation sites (N-methyl/N-ethyl adjacent to an activating group) is 2. The fourth-order valence-corrected chi connectivity index (χ4v) is 12.9. The number of rotatable bonds is 16. The van der Waals surface area contributed by atoms with Gasteiger partial charge in [-0.05, 0) is 146 Å². The van der Waals surface area contributed by atoms with Crippen molar-refractivity contribution in [1.82, 2.24) is 39.8 Å². The monoisotopic (exact) mass is 1170 g/mol. The van der Waals surface area contributed by atoms with Gasteiger partial charge in [0.2, 0.25) is 0 Å². The molecule has 5 heterocycles. The number of aromatic nitrogens is 6. The summed E-state index contributed by atoms with van der Waals surface area (Å²) in [7, 11) is 5.35. The Labute approximate surface area is 457 Å². The molecule has 2 aromatic heterocycles. The summed E-state index contributed by atoms with van der Waals surface area (Å²) >= 11 is 2.14. The summed E-state index contributed by atoms with van der Waals surface area (Å²) in [6, 6.07) is 7.25. The summed E-state index contributed by atoms with van der Waals surface area (Å²) in [6.45, 7) is 19.6. The van der Waals surface area contributed by atoms with Crippen LogP contribution in [0, 0.1) is 27.4 Å². The summed E-state index contributed by atoms with van der Waals surface area (Å²) in [4.78, 5) is 18.7. The molecule has 0 saturated carbocycles. The van der Waals surface area contributed by atoms with Crippen molar-refractivity contribution in [3.05, 3.63) is 51.1 Å². The minimum Gasteiger partial charge on any atom is -0.459 e. The Morgan fingerprint density at radius 2 is 1.63 bits per heavy atom. The number of aliphatic hydroxyl groups excluding tert-OH is 4. The van der Waals surface area contributed by atoms with E-state index in [1.165, 1.54) is 19.6 Å². The molecule has 6 rings (SSSR count). The number of esters is 1. The van der Waals surface area contributed by atoms with Gasteiger partial charge in [-0.15, -0.1) is 10.2 Å². The van der Waals surface area contributed by atoms with Crippen LogP contribution in [0.2, 0.25) is 0 Å². The molecule has 3 aliphatic rings. The highest BCUT2D eigenvalue weighted by Crippen LogP contribution is 2.45. The quantitative estimate of drug-likeness (QED) is 0.0672. The van der Waals surface area contributed by atoms with Gasteiger partial charge in [0.15, 0.2) is 6.29 Å². The SMILES string of the molecule is CC[C@H]1OC(=O)[C@H](C)C([C@H]2C[C@@](C)(OC)[C@@H](O)[C@H](C)O2)[C@H](C)[C@@H](O[C@@H]2O[C@H](C)C[C@H](N(C)CCc3cn(CCCCc4ccc(-n5nnc(CO)c5I)cc4)nn3)[C@H]2O)[C@](C)(O)C[C@@H](C)CN(C)[C@H](C)[C@@H](O)[C@]1(C)O. The molecule has 424 valence electrons.